The number of aromatic hydroxyl groups is 1. The Kier molecular flexibility index (Phi) is 7.84. The molecule has 1 saturated heterocycles. The highest BCUT2D eigenvalue weighted by Gasteiger charge is 2.38. The summed E-state index contributed by atoms with van der Waals surface area (Å²) in [5, 5.41) is 28.7. The van der Waals surface area contributed by atoms with Crippen LogP contribution >= 0.6 is 0 Å². The van der Waals surface area contributed by atoms with Gasteiger partial charge < -0.3 is 20.4 Å². The smallest absolute Gasteiger partial charge is 0.490 e. The number of carbonyl (C=O) groups is 2. The molecule has 34 heavy (non-hydrogen) atoms. The van der Waals surface area contributed by atoms with Gasteiger partial charge in [0.2, 0.25) is 5.91 Å². The molecule has 12 heteroatoms. The molecule has 1 atom stereocenters. The van der Waals surface area contributed by atoms with Crippen LogP contribution in [0.25, 0.3) is 5.69 Å². The highest BCUT2D eigenvalue weighted by Crippen LogP contribution is 2.20. The van der Waals surface area contributed by atoms with Crippen molar-refractivity contribution < 1.29 is 33.0 Å². The Balaban J connectivity index is 0.000000406. The monoisotopic (exact) mass is 477 g/mol. The number of hydrogen-bond acceptors (Lipinski definition) is 6. The summed E-state index contributed by atoms with van der Waals surface area (Å²) in [5.74, 6) is -2.48. The van der Waals surface area contributed by atoms with Gasteiger partial charge in [-0.15, -0.1) is 0 Å². The highest BCUT2D eigenvalue weighted by molar-refractivity contribution is 5.78. The molecule has 2 heterocycles. The lowest BCUT2D eigenvalue weighted by Gasteiger charge is -2.34. The van der Waals surface area contributed by atoms with Crippen molar-refractivity contribution in [1.82, 2.24) is 25.2 Å². The average Bonchev–Trinajstić information content (AvgIpc) is 3.28. The molecule has 9 nitrogen and oxygen atoms in total. The van der Waals surface area contributed by atoms with E-state index in [-0.39, 0.29) is 24.1 Å². The molecule has 1 aliphatic rings. The molecule has 3 aromatic rings. The van der Waals surface area contributed by atoms with Gasteiger partial charge in [0.05, 0.1) is 24.0 Å². The fraction of sp³-hybridized carbons (Fsp3) is 0.273. The number of hydrogen-bond donors (Lipinski definition) is 3. The minimum Gasteiger partial charge on any atom is -0.508 e. The second-order valence-electron chi connectivity index (χ2n) is 7.38. The van der Waals surface area contributed by atoms with Crippen LogP contribution in [0.1, 0.15) is 17.3 Å². The Labute approximate surface area is 192 Å². The van der Waals surface area contributed by atoms with Crippen molar-refractivity contribution in [3.8, 4) is 11.4 Å². The summed E-state index contributed by atoms with van der Waals surface area (Å²) >= 11 is 0. The number of piperazine rings is 1. The third-order valence-corrected chi connectivity index (χ3v) is 4.92. The number of phenolic OH excluding ortho intramolecular Hbond substituents is 1. The fourth-order valence-electron chi connectivity index (χ4n) is 3.23. The lowest BCUT2D eigenvalue weighted by atomic mass is 10.0. The predicted octanol–water partition coefficient (Wildman–Crippen LogP) is 2.32. The van der Waals surface area contributed by atoms with Crippen LogP contribution in [-0.2, 0) is 16.0 Å². The van der Waals surface area contributed by atoms with Gasteiger partial charge in [-0.1, -0.05) is 30.3 Å². The molecule has 2 aromatic carbocycles. The number of nitrogens with zero attached hydrogens (tertiary/aromatic N) is 4. The maximum atomic E-state index is 12.7. The molecule has 1 amide bonds. The lowest BCUT2D eigenvalue weighted by molar-refractivity contribution is -0.192. The van der Waals surface area contributed by atoms with Crippen LogP contribution in [0.5, 0.6) is 5.75 Å². The first-order chi connectivity index (χ1) is 16.1. The van der Waals surface area contributed by atoms with Crippen LogP contribution in [0.3, 0.4) is 0 Å². The summed E-state index contributed by atoms with van der Waals surface area (Å²) < 4.78 is 31.7. The minimum atomic E-state index is -5.08. The number of nitrogens with one attached hydrogen (secondary N) is 1. The Morgan fingerprint density at radius 2 is 1.74 bits per heavy atom. The number of halogens is 3. The van der Waals surface area contributed by atoms with Crippen LogP contribution in [0.4, 0.5) is 13.2 Å². The summed E-state index contributed by atoms with van der Waals surface area (Å²) in [5.41, 5.74) is 2.58. The first kappa shape index (κ1) is 24.7. The zero-order chi connectivity index (χ0) is 24.7. The normalized spacial score (nSPS) is 15.9. The van der Waals surface area contributed by atoms with Gasteiger partial charge >= 0.3 is 12.1 Å². The van der Waals surface area contributed by atoms with Crippen LogP contribution in [0, 0.1) is 0 Å². The van der Waals surface area contributed by atoms with E-state index in [0.29, 0.717) is 18.8 Å². The Morgan fingerprint density at radius 3 is 2.35 bits per heavy atom. The zero-order valence-electron chi connectivity index (χ0n) is 17.8. The first-order valence-electron chi connectivity index (χ1n) is 10.2. The molecule has 1 unspecified atom stereocenters. The third kappa shape index (κ3) is 6.78. The molecule has 0 bridgehead atoms. The molecule has 1 aliphatic heterocycles. The number of alkyl halides is 3. The maximum Gasteiger partial charge on any atom is 0.490 e. The Hall–Kier alpha value is -3.93. The van der Waals surface area contributed by atoms with Crippen LogP contribution in [0.15, 0.2) is 60.8 Å². The third-order valence-electron chi connectivity index (χ3n) is 4.92. The number of amides is 1. The van der Waals surface area contributed by atoms with Gasteiger partial charge in [-0.3, -0.25) is 4.79 Å². The van der Waals surface area contributed by atoms with E-state index < -0.39 is 12.1 Å². The summed E-state index contributed by atoms with van der Waals surface area (Å²) in [4.78, 5) is 25.0. The first-order valence-corrected chi connectivity index (χ1v) is 10.2. The van der Waals surface area contributed by atoms with Crippen molar-refractivity contribution in [2.45, 2.75) is 18.6 Å². The summed E-state index contributed by atoms with van der Waals surface area (Å²) in [6.45, 7) is 1.99. The van der Waals surface area contributed by atoms with E-state index in [9.17, 15) is 23.1 Å². The van der Waals surface area contributed by atoms with E-state index in [1.165, 1.54) is 0 Å². The molecule has 1 fully saturated rings. The van der Waals surface area contributed by atoms with Gasteiger partial charge in [-0.05, 0) is 29.8 Å². The Morgan fingerprint density at radius 1 is 1.09 bits per heavy atom. The largest absolute Gasteiger partial charge is 0.508 e. The molecule has 0 aliphatic carbocycles. The van der Waals surface area contributed by atoms with Crippen molar-refractivity contribution in [2.24, 2.45) is 0 Å². The standard InChI is InChI=1S/C20H21N5O2.C2HF3O2/c26-18-8-6-15(7-9-18)19-14-24(11-10-21-19)20(27)12-16-13-22-25(23-16)17-4-2-1-3-5-17;3-2(4,5)1(6)7/h1-9,13,19,21,26H,10-12,14H2;(H,6,7). The van der Waals surface area contributed by atoms with E-state index in [1.807, 2.05) is 47.4 Å². The fourth-order valence-corrected chi connectivity index (χ4v) is 3.23. The number of carboxylic acid groups (broad SMARTS) is 1. The molecule has 4 rings (SSSR count). The van der Waals surface area contributed by atoms with Gasteiger partial charge in [0.1, 0.15) is 5.75 Å². The van der Waals surface area contributed by atoms with E-state index in [1.54, 1.807) is 23.1 Å². The molecule has 1 aromatic heterocycles. The lowest BCUT2D eigenvalue weighted by Crippen LogP contribution is -2.48. The molecular formula is C22H22F3N5O4. The van der Waals surface area contributed by atoms with Gasteiger partial charge in [0.15, 0.2) is 0 Å². The quantitative estimate of drug-likeness (QED) is 0.528. The predicted molar refractivity (Wildman–Crippen MR) is 114 cm³/mol. The van der Waals surface area contributed by atoms with Crippen molar-refractivity contribution in [3.05, 3.63) is 72.1 Å². The molecular weight excluding hydrogens is 455 g/mol. The molecule has 180 valence electrons. The van der Waals surface area contributed by atoms with Crippen LogP contribution in [-0.4, -0.2) is 67.8 Å². The second kappa shape index (κ2) is 10.8. The topological polar surface area (TPSA) is 121 Å². The second-order valence-corrected chi connectivity index (χ2v) is 7.38. The van der Waals surface area contributed by atoms with Gasteiger partial charge in [0, 0.05) is 25.7 Å². The zero-order valence-corrected chi connectivity index (χ0v) is 17.8. The van der Waals surface area contributed by atoms with Crippen molar-refractivity contribution in [2.75, 3.05) is 19.6 Å². The van der Waals surface area contributed by atoms with Gasteiger partial charge in [0.25, 0.3) is 0 Å². The minimum absolute atomic E-state index is 0.0420. The Bertz CT molecular complexity index is 1100. The number of para-hydroxylation sites is 1. The summed E-state index contributed by atoms with van der Waals surface area (Å²) in [6.07, 6.45) is -3.21. The van der Waals surface area contributed by atoms with Crippen molar-refractivity contribution in [3.63, 3.8) is 0 Å². The van der Waals surface area contributed by atoms with E-state index in [0.717, 1.165) is 17.8 Å². The SMILES string of the molecule is O=C(Cc1cnn(-c2ccccc2)n1)N1CCNC(c2ccc(O)cc2)C1.O=C(O)C(F)(F)F. The molecule has 0 spiro atoms. The number of phenols is 1. The number of carboxylic acids is 1. The van der Waals surface area contributed by atoms with E-state index >= 15 is 0 Å². The number of aliphatic carboxylic acids is 1. The summed E-state index contributed by atoms with van der Waals surface area (Å²) in [6, 6.07) is 16.8. The molecule has 0 saturated carbocycles. The van der Waals surface area contributed by atoms with Crippen molar-refractivity contribution >= 4 is 11.9 Å². The maximum absolute atomic E-state index is 12.7. The van der Waals surface area contributed by atoms with Crippen LogP contribution in [0.2, 0.25) is 0 Å². The van der Waals surface area contributed by atoms with Crippen LogP contribution < -0.4 is 5.32 Å². The van der Waals surface area contributed by atoms with E-state index in [4.69, 9.17) is 9.90 Å². The highest BCUT2D eigenvalue weighted by atomic mass is 19.4. The van der Waals surface area contributed by atoms with E-state index in [2.05, 4.69) is 15.5 Å². The van der Waals surface area contributed by atoms with Gasteiger partial charge in [-0.2, -0.15) is 28.2 Å². The number of benzene rings is 2. The number of carbonyl (C=O) groups excluding carboxylic acids is 1. The number of aromatic nitrogens is 3. The average molecular weight is 477 g/mol. The number of rotatable bonds is 4. The van der Waals surface area contributed by atoms with Gasteiger partial charge in [-0.25, -0.2) is 4.79 Å². The summed E-state index contributed by atoms with van der Waals surface area (Å²) in [7, 11) is 0. The molecule has 0 radical (unpaired) electrons. The van der Waals surface area contributed by atoms with Crippen molar-refractivity contribution in [1.29, 1.82) is 0 Å². The molecule has 3 N–H and O–H groups in total.